The van der Waals surface area contributed by atoms with E-state index in [1.54, 1.807) is 11.8 Å². The summed E-state index contributed by atoms with van der Waals surface area (Å²) < 4.78 is 1.74. The highest BCUT2D eigenvalue weighted by Gasteiger charge is 2.38. The van der Waals surface area contributed by atoms with Gasteiger partial charge in [-0.1, -0.05) is 5.16 Å². The average molecular weight is 297 g/mol. The van der Waals surface area contributed by atoms with E-state index in [1.165, 1.54) is 5.56 Å². The maximum Gasteiger partial charge on any atom is 0.155 e. The summed E-state index contributed by atoms with van der Waals surface area (Å²) in [5, 5.41) is 16.5. The van der Waals surface area contributed by atoms with E-state index in [0.29, 0.717) is 5.84 Å². The first-order valence-corrected chi connectivity index (χ1v) is 8.13. The van der Waals surface area contributed by atoms with Gasteiger partial charge in [-0.15, -0.1) is 0 Å². The molecule has 0 aromatic carbocycles. The molecule has 0 atom stereocenters. The number of hydrogen-bond donors (Lipinski definition) is 2. The average Bonchev–Trinajstić information content (AvgIpc) is 2.95. The molecule has 0 bridgehead atoms. The lowest BCUT2D eigenvalue weighted by atomic mass is 9.94. The molecular weight excluding hydrogens is 274 g/mol. The minimum atomic E-state index is -0.209. The van der Waals surface area contributed by atoms with Gasteiger partial charge < -0.3 is 10.9 Å². The van der Waals surface area contributed by atoms with Crippen molar-refractivity contribution < 1.29 is 5.21 Å². The molecule has 1 aliphatic heterocycles. The van der Waals surface area contributed by atoms with E-state index in [1.807, 2.05) is 17.1 Å². The molecule has 20 heavy (non-hydrogen) atoms. The molecule has 2 rings (SSSR count). The predicted molar refractivity (Wildman–Crippen MR) is 82.1 cm³/mol. The number of aryl methyl sites for hydroxylation is 1. The fourth-order valence-electron chi connectivity index (χ4n) is 2.65. The van der Waals surface area contributed by atoms with Gasteiger partial charge in [-0.05, 0) is 26.0 Å². The maximum absolute atomic E-state index is 8.94. The van der Waals surface area contributed by atoms with E-state index >= 15 is 0 Å². The predicted octanol–water partition coefficient (Wildman–Crippen LogP) is 1.35. The van der Waals surface area contributed by atoms with Crippen LogP contribution in [0.25, 0.3) is 0 Å². The number of nitrogens with zero attached hydrogens (tertiary/aromatic N) is 4. The maximum atomic E-state index is 8.94. The molecule has 1 aromatic rings. The normalized spacial score (nSPS) is 20.2. The van der Waals surface area contributed by atoms with E-state index < -0.39 is 0 Å². The van der Waals surface area contributed by atoms with Crippen LogP contribution in [0.3, 0.4) is 0 Å². The van der Waals surface area contributed by atoms with Gasteiger partial charge in [0.2, 0.25) is 0 Å². The Morgan fingerprint density at radius 2 is 2.25 bits per heavy atom. The Balaban J connectivity index is 1.93. The number of rotatable bonds is 5. The highest BCUT2D eigenvalue weighted by molar-refractivity contribution is 8.00. The highest BCUT2D eigenvalue weighted by Crippen LogP contribution is 2.35. The third-order valence-electron chi connectivity index (χ3n) is 4.05. The van der Waals surface area contributed by atoms with Gasteiger partial charge >= 0.3 is 0 Å². The number of hydrogen-bond acceptors (Lipinski definition) is 5. The van der Waals surface area contributed by atoms with E-state index in [9.17, 15) is 0 Å². The topological polar surface area (TPSA) is 79.7 Å². The van der Waals surface area contributed by atoms with Crippen molar-refractivity contribution in [3.63, 3.8) is 0 Å². The van der Waals surface area contributed by atoms with Crippen molar-refractivity contribution in [2.75, 3.05) is 19.3 Å². The summed E-state index contributed by atoms with van der Waals surface area (Å²) in [5.41, 5.74) is 7.10. The number of thioether (sulfide) groups is 1. The second-order valence-corrected chi connectivity index (χ2v) is 6.35. The highest BCUT2D eigenvalue weighted by atomic mass is 32.2. The molecule has 0 amide bonds. The summed E-state index contributed by atoms with van der Waals surface area (Å²) in [6.07, 6.45) is 7.88. The number of piperidine rings is 1. The van der Waals surface area contributed by atoms with Gasteiger partial charge in [-0.2, -0.15) is 16.9 Å². The van der Waals surface area contributed by atoms with Gasteiger partial charge in [-0.3, -0.25) is 9.58 Å². The van der Waals surface area contributed by atoms with Crippen LogP contribution in [-0.4, -0.2) is 49.8 Å². The second-order valence-electron chi connectivity index (χ2n) is 5.16. The summed E-state index contributed by atoms with van der Waals surface area (Å²) >= 11 is 1.68. The van der Waals surface area contributed by atoms with Crippen LogP contribution in [0, 0.1) is 0 Å². The van der Waals surface area contributed by atoms with Crippen LogP contribution in [0.4, 0.5) is 0 Å². The lowest BCUT2D eigenvalue weighted by Crippen LogP contribution is -2.49. The van der Waals surface area contributed by atoms with Crippen molar-refractivity contribution in [2.24, 2.45) is 10.9 Å². The number of oxime groups is 1. The molecule has 0 aliphatic carbocycles. The zero-order valence-electron chi connectivity index (χ0n) is 12.1. The van der Waals surface area contributed by atoms with Crippen LogP contribution in [-0.2, 0) is 13.1 Å². The fraction of sp³-hybridized carbons (Fsp3) is 0.692. The molecule has 3 N–H and O–H groups in total. The largest absolute Gasteiger partial charge is 0.409 e. The van der Waals surface area contributed by atoms with Crippen molar-refractivity contribution in [3.05, 3.63) is 18.0 Å². The van der Waals surface area contributed by atoms with Crippen LogP contribution in [0.15, 0.2) is 17.5 Å². The monoisotopic (exact) mass is 297 g/mol. The Bertz CT molecular complexity index is 465. The smallest absolute Gasteiger partial charge is 0.155 e. The van der Waals surface area contributed by atoms with Crippen molar-refractivity contribution in [1.29, 1.82) is 0 Å². The summed E-state index contributed by atoms with van der Waals surface area (Å²) in [4.78, 5) is 2.40. The Kier molecular flexibility index (Phi) is 4.93. The van der Waals surface area contributed by atoms with E-state index in [0.717, 1.165) is 39.0 Å². The molecule has 112 valence electrons. The Labute approximate surface area is 124 Å². The molecule has 0 radical (unpaired) electrons. The number of nitrogens with two attached hydrogens (primary N) is 1. The lowest BCUT2D eigenvalue weighted by Gasteiger charge is -2.39. The van der Waals surface area contributed by atoms with Crippen molar-refractivity contribution in [1.82, 2.24) is 14.7 Å². The van der Waals surface area contributed by atoms with Gasteiger partial charge in [0.05, 0.1) is 10.9 Å². The molecule has 0 unspecified atom stereocenters. The minimum absolute atomic E-state index is 0.209. The minimum Gasteiger partial charge on any atom is -0.409 e. The Morgan fingerprint density at radius 1 is 1.55 bits per heavy atom. The molecule has 1 aliphatic rings. The number of likely N-dealkylation sites (tertiary alicyclic amines) is 1. The number of amidine groups is 1. The zero-order chi connectivity index (χ0) is 14.6. The zero-order valence-corrected chi connectivity index (χ0v) is 12.9. The lowest BCUT2D eigenvalue weighted by molar-refractivity contribution is 0.209. The van der Waals surface area contributed by atoms with Crippen LogP contribution >= 0.6 is 11.8 Å². The first-order chi connectivity index (χ1) is 9.63. The molecule has 1 fully saturated rings. The first-order valence-electron chi connectivity index (χ1n) is 6.90. The molecule has 1 saturated heterocycles. The fourth-order valence-corrected chi connectivity index (χ4v) is 3.49. The second kappa shape index (κ2) is 6.49. The molecule has 6 nitrogen and oxygen atoms in total. The van der Waals surface area contributed by atoms with Gasteiger partial charge in [0.1, 0.15) is 0 Å². The first kappa shape index (κ1) is 15.2. The molecule has 0 saturated carbocycles. The van der Waals surface area contributed by atoms with Crippen LogP contribution in [0.5, 0.6) is 0 Å². The van der Waals surface area contributed by atoms with Crippen LogP contribution in [0.2, 0.25) is 0 Å². The van der Waals surface area contributed by atoms with Crippen LogP contribution in [0.1, 0.15) is 25.3 Å². The number of aromatic nitrogens is 2. The van der Waals surface area contributed by atoms with Gasteiger partial charge in [-0.25, -0.2) is 0 Å². The van der Waals surface area contributed by atoms with Crippen LogP contribution < -0.4 is 5.73 Å². The van der Waals surface area contributed by atoms with Gasteiger partial charge in [0.25, 0.3) is 0 Å². The molecule has 2 heterocycles. The summed E-state index contributed by atoms with van der Waals surface area (Å²) in [6, 6.07) is 0. The van der Waals surface area contributed by atoms with Crippen molar-refractivity contribution in [3.8, 4) is 0 Å². The van der Waals surface area contributed by atoms with Gasteiger partial charge in [0.15, 0.2) is 5.84 Å². The van der Waals surface area contributed by atoms with E-state index in [2.05, 4.69) is 28.3 Å². The molecule has 1 aromatic heterocycles. The Morgan fingerprint density at radius 3 is 2.75 bits per heavy atom. The SMILES string of the molecule is CCn1cc(CN2CCC(SC)(C(N)=NO)CC2)cn1. The molecular formula is C13H23N5OS. The van der Waals surface area contributed by atoms with E-state index in [4.69, 9.17) is 10.9 Å². The van der Waals surface area contributed by atoms with E-state index in [-0.39, 0.29) is 4.75 Å². The molecule has 0 spiro atoms. The summed E-state index contributed by atoms with van der Waals surface area (Å²) in [7, 11) is 0. The van der Waals surface area contributed by atoms with Crippen molar-refractivity contribution >= 4 is 17.6 Å². The van der Waals surface area contributed by atoms with Crippen molar-refractivity contribution in [2.45, 2.75) is 37.6 Å². The summed E-state index contributed by atoms with van der Waals surface area (Å²) in [5.74, 6) is 0.350. The standard InChI is InChI=1S/C13H23N5OS/c1-3-18-10-11(8-15-18)9-17-6-4-13(20-2,5-7-17)12(14)16-19/h8,10,19H,3-7,9H2,1-2H3,(H2,14,16). The summed E-state index contributed by atoms with van der Waals surface area (Å²) in [6.45, 7) is 5.81. The third kappa shape index (κ3) is 3.09. The van der Waals surface area contributed by atoms with Gasteiger partial charge in [0, 0.05) is 37.9 Å². The quantitative estimate of drug-likeness (QED) is 0.371. The third-order valence-corrected chi connectivity index (χ3v) is 5.44. The Hall–Kier alpha value is -1.21. The molecule has 7 heteroatoms.